The Morgan fingerprint density at radius 3 is 2.69 bits per heavy atom. The van der Waals surface area contributed by atoms with Crippen LogP contribution in [0, 0.1) is 6.92 Å². The van der Waals surface area contributed by atoms with Crippen LogP contribution in [0.4, 0.5) is 0 Å². The van der Waals surface area contributed by atoms with Crippen molar-refractivity contribution >= 4 is 0 Å². The molecule has 0 unspecified atom stereocenters. The number of H-pyrrole nitrogens is 1. The van der Waals surface area contributed by atoms with Crippen molar-refractivity contribution in [3.8, 4) is 0 Å². The molecule has 0 fully saturated rings. The lowest BCUT2D eigenvalue weighted by molar-refractivity contribution is -0.0761. The lowest BCUT2D eigenvalue weighted by Gasteiger charge is -2.18. The molecule has 0 aliphatic carbocycles. The normalized spacial score (nSPS) is 12.0. The van der Waals surface area contributed by atoms with Gasteiger partial charge in [0.05, 0.1) is 24.2 Å². The number of rotatable bonds is 3. The third kappa shape index (κ3) is 3.57. The van der Waals surface area contributed by atoms with E-state index in [-0.39, 0.29) is 5.60 Å². The van der Waals surface area contributed by atoms with Crippen molar-refractivity contribution < 1.29 is 4.84 Å². The summed E-state index contributed by atoms with van der Waals surface area (Å²) in [6.07, 6.45) is 1.68. The quantitative estimate of drug-likeness (QED) is 0.699. The Bertz CT molecular complexity index is 262. The molecular weight excluding hydrogens is 166 g/mol. The van der Waals surface area contributed by atoms with E-state index in [9.17, 15) is 0 Å². The van der Waals surface area contributed by atoms with Gasteiger partial charge in [-0.15, -0.1) is 0 Å². The van der Waals surface area contributed by atoms with Crippen LogP contribution in [0.5, 0.6) is 0 Å². The van der Waals surface area contributed by atoms with Crippen molar-refractivity contribution in [1.29, 1.82) is 0 Å². The maximum absolute atomic E-state index is 5.35. The molecule has 0 atom stereocenters. The van der Waals surface area contributed by atoms with Gasteiger partial charge in [-0.2, -0.15) is 5.48 Å². The minimum Gasteiger partial charge on any atom is -0.348 e. The summed E-state index contributed by atoms with van der Waals surface area (Å²) in [6, 6.07) is 0. The number of aryl methyl sites for hydroxylation is 1. The molecule has 4 heteroatoms. The number of aromatic amines is 1. The van der Waals surface area contributed by atoms with E-state index in [1.165, 1.54) is 0 Å². The zero-order valence-electron chi connectivity index (χ0n) is 8.64. The fourth-order valence-corrected chi connectivity index (χ4v) is 0.886. The molecule has 13 heavy (non-hydrogen) atoms. The first-order valence-electron chi connectivity index (χ1n) is 4.39. The number of hydrogen-bond donors (Lipinski definition) is 2. The third-order valence-electron chi connectivity index (χ3n) is 1.55. The highest BCUT2D eigenvalue weighted by Gasteiger charge is 2.10. The maximum atomic E-state index is 5.35. The van der Waals surface area contributed by atoms with Crippen molar-refractivity contribution in [1.82, 2.24) is 15.4 Å². The van der Waals surface area contributed by atoms with E-state index >= 15 is 0 Å². The summed E-state index contributed by atoms with van der Waals surface area (Å²) in [5, 5.41) is 0. The zero-order valence-corrected chi connectivity index (χ0v) is 8.64. The van der Waals surface area contributed by atoms with Gasteiger partial charge in [0.1, 0.15) is 0 Å². The van der Waals surface area contributed by atoms with E-state index < -0.39 is 0 Å². The third-order valence-corrected chi connectivity index (χ3v) is 1.55. The van der Waals surface area contributed by atoms with E-state index in [1.54, 1.807) is 6.33 Å². The van der Waals surface area contributed by atoms with Gasteiger partial charge in [0, 0.05) is 5.69 Å². The Morgan fingerprint density at radius 2 is 2.23 bits per heavy atom. The first kappa shape index (κ1) is 10.2. The molecule has 0 saturated carbocycles. The van der Waals surface area contributed by atoms with Crippen LogP contribution in [0.15, 0.2) is 6.33 Å². The molecule has 1 heterocycles. The SMILES string of the molecule is Cc1[nH]cnc1CNOC(C)(C)C. The maximum Gasteiger partial charge on any atom is 0.0925 e. The summed E-state index contributed by atoms with van der Waals surface area (Å²) in [6.45, 7) is 8.61. The molecule has 0 aromatic carbocycles. The van der Waals surface area contributed by atoms with Gasteiger partial charge in [0.15, 0.2) is 0 Å². The summed E-state index contributed by atoms with van der Waals surface area (Å²) in [5.41, 5.74) is 4.79. The van der Waals surface area contributed by atoms with Crippen molar-refractivity contribution in [2.24, 2.45) is 0 Å². The minimum atomic E-state index is -0.162. The van der Waals surface area contributed by atoms with Crippen molar-refractivity contribution in [3.63, 3.8) is 0 Å². The molecular formula is C9H17N3O. The van der Waals surface area contributed by atoms with Gasteiger partial charge in [-0.25, -0.2) is 4.98 Å². The average Bonchev–Trinajstić information content (AvgIpc) is 2.34. The summed E-state index contributed by atoms with van der Waals surface area (Å²) in [7, 11) is 0. The Hall–Kier alpha value is -0.870. The predicted octanol–water partition coefficient (Wildman–Crippen LogP) is 1.54. The molecule has 0 saturated heterocycles. The smallest absolute Gasteiger partial charge is 0.0925 e. The van der Waals surface area contributed by atoms with E-state index in [0.717, 1.165) is 11.4 Å². The Kier molecular flexibility index (Phi) is 3.06. The van der Waals surface area contributed by atoms with Crippen LogP contribution < -0.4 is 5.48 Å². The summed E-state index contributed by atoms with van der Waals surface area (Å²) < 4.78 is 0. The summed E-state index contributed by atoms with van der Waals surface area (Å²) >= 11 is 0. The van der Waals surface area contributed by atoms with Crippen LogP contribution >= 0.6 is 0 Å². The highest BCUT2D eigenvalue weighted by Crippen LogP contribution is 2.05. The topological polar surface area (TPSA) is 49.9 Å². The molecule has 2 N–H and O–H groups in total. The van der Waals surface area contributed by atoms with Crippen LogP contribution in [0.1, 0.15) is 32.2 Å². The molecule has 4 nitrogen and oxygen atoms in total. The average molecular weight is 183 g/mol. The summed E-state index contributed by atoms with van der Waals surface area (Å²) in [5.74, 6) is 0. The van der Waals surface area contributed by atoms with E-state index in [4.69, 9.17) is 4.84 Å². The minimum absolute atomic E-state index is 0.162. The Labute approximate surface area is 78.7 Å². The van der Waals surface area contributed by atoms with Gasteiger partial charge in [0.2, 0.25) is 0 Å². The number of hydrogen-bond acceptors (Lipinski definition) is 3. The van der Waals surface area contributed by atoms with Crippen molar-refractivity contribution in [2.75, 3.05) is 0 Å². The molecule has 1 aromatic heterocycles. The van der Waals surface area contributed by atoms with E-state index in [2.05, 4.69) is 15.4 Å². The second-order valence-corrected chi connectivity index (χ2v) is 4.01. The zero-order chi connectivity index (χ0) is 9.90. The molecule has 0 spiro atoms. The fraction of sp³-hybridized carbons (Fsp3) is 0.667. The lowest BCUT2D eigenvalue weighted by Crippen LogP contribution is -2.29. The monoisotopic (exact) mass is 183 g/mol. The standard InChI is InChI=1S/C9H17N3O/c1-7-8(11-6-10-7)5-12-13-9(2,3)4/h6,12H,5H2,1-4H3,(H,10,11). The van der Waals surface area contributed by atoms with Gasteiger partial charge in [-0.3, -0.25) is 4.84 Å². The Morgan fingerprint density at radius 1 is 1.54 bits per heavy atom. The molecule has 0 radical (unpaired) electrons. The second kappa shape index (κ2) is 3.89. The first-order valence-corrected chi connectivity index (χ1v) is 4.39. The van der Waals surface area contributed by atoms with Gasteiger partial charge >= 0.3 is 0 Å². The number of imidazole rings is 1. The van der Waals surface area contributed by atoms with Crippen LogP contribution in [0.25, 0.3) is 0 Å². The number of hydroxylamine groups is 1. The van der Waals surface area contributed by atoms with Crippen molar-refractivity contribution in [2.45, 2.75) is 39.8 Å². The predicted molar refractivity (Wildman–Crippen MR) is 51.0 cm³/mol. The summed E-state index contributed by atoms with van der Waals surface area (Å²) in [4.78, 5) is 12.5. The molecule has 74 valence electrons. The molecule has 0 aliphatic rings. The number of nitrogens with one attached hydrogen (secondary N) is 2. The van der Waals surface area contributed by atoms with Gasteiger partial charge in [0.25, 0.3) is 0 Å². The second-order valence-electron chi connectivity index (χ2n) is 4.01. The molecule has 1 aromatic rings. The highest BCUT2D eigenvalue weighted by atomic mass is 16.7. The van der Waals surface area contributed by atoms with Crippen LogP contribution in [0.3, 0.4) is 0 Å². The lowest BCUT2D eigenvalue weighted by atomic mass is 10.2. The molecule has 0 bridgehead atoms. The fourth-order valence-electron chi connectivity index (χ4n) is 0.886. The number of aromatic nitrogens is 2. The number of nitrogens with zero attached hydrogens (tertiary/aromatic N) is 1. The highest BCUT2D eigenvalue weighted by molar-refractivity contribution is 5.07. The van der Waals surface area contributed by atoms with Crippen molar-refractivity contribution in [3.05, 3.63) is 17.7 Å². The van der Waals surface area contributed by atoms with Gasteiger partial charge < -0.3 is 4.98 Å². The van der Waals surface area contributed by atoms with Gasteiger partial charge in [-0.1, -0.05) is 0 Å². The van der Waals surface area contributed by atoms with E-state index in [1.807, 2.05) is 27.7 Å². The Balaban J connectivity index is 2.32. The first-order chi connectivity index (χ1) is 5.99. The molecule has 0 amide bonds. The molecule has 0 aliphatic heterocycles. The largest absolute Gasteiger partial charge is 0.348 e. The van der Waals surface area contributed by atoms with E-state index in [0.29, 0.717) is 6.54 Å². The van der Waals surface area contributed by atoms with Crippen LogP contribution in [-0.2, 0) is 11.4 Å². The van der Waals surface area contributed by atoms with Crippen LogP contribution in [0.2, 0.25) is 0 Å². The molecule has 1 rings (SSSR count). The van der Waals surface area contributed by atoms with Gasteiger partial charge in [-0.05, 0) is 27.7 Å². The van der Waals surface area contributed by atoms with Crippen LogP contribution in [-0.4, -0.2) is 15.6 Å².